The van der Waals surface area contributed by atoms with Gasteiger partial charge in [0.15, 0.2) is 12.0 Å². The van der Waals surface area contributed by atoms with Crippen LogP contribution in [0.2, 0.25) is 0 Å². The Bertz CT molecular complexity index is 470. The van der Waals surface area contributed by atoms with Crippen LogP contribution in [0.25, 0.3) is 0 Å². The van der Waals surface area contributed by atoms with Crippen LogP contribution in [-0.4, -0.2) is 17.6 Å². The van der Waals surface area contributed by atoms with Gasteiger partial charge >= 0.3 is 12.5 Å². The van der Waals surface area contributed by atoms with Gasteiger partial charge in [0.2, 0.25) is 0 Å². The number of ether oxygens (including phenoxy) is 1. The summed E-state index contributed by atoms with van der Waals surface area (Å²) in [6, 6.07) is 0. The summed E-state index contributed by atoms with van der Waals surface area (Å²) in [7, 11) is 0. The summed E-state index contributed by atoms with van der Waals surface area (Å²) in [5.74, 6) is -1.56. The van der Waals surface area contributed by atoms with Crippen molar-refractivity contribution in [1.29, 1.82) is 0 Å². The lowest BCUT2D eigenvalue weighted by atomic mass is 10.1. The molecule has 0 aliphatic carbocycles. The molecule has 10 heteroatoms. The molecule has 0 bridgehead atoms. The Morgan fingerprint density at radius 2 is 1.78 bits per heavy atom. The third-order valence-electron chi connectivity index (χ3n) is 1.66. The van der Waals surface area contributed by atoms with Crippen molar-refractivity contribution in [3.05, 3.63) is 21.0 Å². The summed E-state index contributed by atoms with van der Waals surface area (Å²) >= 11 is 1.30. The average molecular weight is 385 g/mol. The van der Waals surface area contributed by atoms with E-state index in [-0.39, 0.29) is 16.2 Å². The molecule has 1 rings (SSSR count). The van der Waals surface area contributed by atoms with Gasteiger partial charge in [0, 0.05) is 0 Å². The first-order chi connectivity index (χ1) is 8.06. The average Bonchev–Trinajstić information content (AvgIpc) is 2.16. The van der Waals surface area contributed by atoms with Crippen molar-refractivity contribution in [2.24, 2.45) is 0 Å². The van der Waals surface area contributed by atoms with E-state index in [9.17, 15) is 31.1 Å². The first-order valence-corrected chi connectivity index (χ1v) is 5.10. The fourth-order valence-electron chi connectivity index (χ4n) is 1.09. The highest BCUT2D eigenvalue weighted by Gasteiger charge is 2.42. The highest BCUT2D eigenvalue weighted by molar-refractivity contribution is 14.1. The Morgan fingerprint density at radius 1 is 1.22 bits per heavy atom. The van der Waals surface area contributed by atoms with Gasteiger partial charge in [0.25, 0.3) is 0 Å². The van der Waals surface area contributed by atoms with Gasteiger partial charge in [0.1, 0.15) is 9.26 Å². The van der Waals surface area contributed by atoms with Crippen LogP contribution in [0.1, 0.15) is 15.9 Å². The zero-order chi connectivity index (χ0) is 14.1. The van der Waals surface area contributed by atoms with Gasteiger partial charge < -0.3 is 4.74 Å². The molecule has 0 aliphatic heterocycles. The van der Waals surface area contributed by atoms with E-state index in [1.807, 2.05) is 0 Å². The second kappa shape index (κ2) is 4.90. The van der Waals surface area contributed by atoms with Gasteiger partial charge in [0.05, 0.1) is 11.8 Å². The Balaban J connectivity index is 3.48. The fraction of sp³-hybridized carbons (Fsp3) is 0.250. The normalized spacial score (nSPS) is 12.4. The molecule has 0 aromatic carbocycles. The first-order valence-electron chi connectivity index (χ1n) is 4.03. The molecule has 1 aromatic heterocycles. The number of carbonyl (C=O) groups excluding carboxylic acids is 1. The van der Waals surface area contributed by atoms with Crippen molar-refractivity contribution >= 4 is 28.9 Å². The molecule has 0 radical (unpaired) electrons. The maximum Gasteiger partial charge on any atom is 0.573 e. The lowest BCUT2D eigenvalue weighted by Gasteiger charge is -2.16. The molecule has 1 aromatic rings. The van der Waals surface area contributed by atoms with Crippen LogP contribution in [0.5, 0.6) is 5.75 Å². The van der Waals surface area contributed by atoms with Gasteiger partial charge in [-0.3, -0.25) is 4.79 Å². The maximum absolute atomic E-state index is 12.6. The van der Waals surface area contributed by atoms with E-state index in [2.05, 4.69) is 9.72 Å². The number of hydrogen-bond donors (Lipinski definition) is 0. The van der Waals surface area contributed by atoms with Crippen molar-refractivity contribution in [2.45, 2.75) is 12.5 Å². The molecule has 3 nitrogen and oxygen atoms in total. The largest absolute Gasteiger partial charge is 0.573 e. The highest BCUT2D eigenvalue weighted by atomic mass is 127. The summed E-state index contributed by atoms with van der Waals surface area (Å²) < 4.78 is 76.5. The van der Waals surface area contributed by atoms with Crippen LogP contribution < -0.4 is 4.74 Å². The Kier molecular flexibility index (Phi) is 4.08. The summed E-state index contributed by atoms with van der Waals surface area (Å²) in [5, 5.41) is 0. The minimum Gasteiger partial charge on any atom is -0.403 e. The van der Waals surface area contributed by atoms with E-state index in [0.717, 1.165) is 0 Å². The van der Waals surface area contributed by atoms with Gasteiger partial charge in [-0.1, -0.05) is 0 Å². The Hall–Kier alpha value is -1.07. The fourth-order valence-corrected chi connectivity index (χ4v) is 1.62. The van der Waals surface area contributed by atoms with Crippen molar-refractivity contribution < 1.29 is 35.9 Å². The highest BCUT2D eigenvalue weighted by Crippen LogP contribution is 2.40. The molecule has 0 atom stereocenters. The molecule has 0 fully saturated rings. The topological polar surface area (TPSA) is 39.2 Å². The molecule has 0 unspecified atom stereocenters. The molecule has 18 heavy (non-hydrogen) atoms. The predicted octanol–water partition coefficient (Wildman–Crippen LogP) is 3.42. The molecule has 0 saturated carbocycles. The van der Waals surface area contributed by atoms with E-state index in [0.29, 0.717) is 0 Å². The zero-order valence-corrected chi connectivity index (χ0v) is 10.2. The molecular weight excluding hydrogens is 383 g/mol. The monoisotopic (exact) mass is 385 g/mol. The standard InChI is InChI=1S/C8H2F6INO2/c9-7(10,11)5-3(2-17)6(15)16-1-4(5)18-8(12,13)14/h1-2H. The van der Waals surface area contributed by atoms with E-state index >= 15 is 0 Å². The van der Waals surface area contributed by atoms with Gasteiger partial charge in [-0.15, -0.1) is 13.2 Å². The van der Waals surface area contributed by atoms with E-state index in [4.69, 9.17) is 0 Å². The molecule has 0 saturated heterocycles. The van der Waals surface area contributed by atoms with Crippen LogP contribution in [0.4, 0.5) is 26.3 Å². The molecule has 0 amide bonds. The number of nitrogens with zero attached hydrogens (tertiary/aromatic N) is 1. The summed E-state index contributed by atoms with van der Waals surface area (Å²) in [6.07, 6.45) is -10.4. The molecule has 0 N–H and O–H groups in total. The Labute approximate surface area is 109 Å². The van der Waals surface area contributed by atoms with Crippen LogP contribution in [0.15, 0.2) is 6.20 Å². The van der Waals surface area contributed by atoms with Crippen LogP contribution in [-0.2, 0) is 6.18 Å². The smallest absolute Gasteiger partial charge is 0.403 e. The third-order valence-corrected chi connectivity index (χ3v) is 2.52. The van der Waals surface area contributed by atoms with Gasteiger partial charge in [-0.05, 0) is 22.6 Å². The zero-order valence-electron chi connectivity index (χ0n) is 8.06. The predicted molar refractivity (Wildman–Crippen MR) is 54.0 cm³/mol. The van der Waals surface area contributed by atoms with Crippen molar-refractivity contribution in [1.82, 2.24) is 4.98 Å². The van der Waals surface area contributed by atoms with E-state index in [1.54, 1.807) is 0 Å². The van der Waals surface area contributed by atoms with E-state index in [1.165, 1.54) is 22.6 Å². The lowest BCUT2D eigenvalue weighted by molar-refractivity contribution is -0.276. The first kappa shape index (κ1) is 15.0. The number of rotatable bonds is 2. The lowest BCUT2D eigenvalue weighted by Crippen LogP contribution is -2.22. The quantitative estimate of drug-likeness (QED) is 0.339. The molecule has 1 heterocycles. The van der Waals surface area contributed by atoms with Crippen LogP contribution in [0, 0.1) is 3.70 Å². The summed E-state index contributed by atoms with van der Waals surface area (Å²) in [6.45, 7) is 0. The van der Waals surface area contributed by atoms with Crippen LogP contribution in [0.3, 0.4) is 0 Å². The van der Waals surface area contributed by atoms with E-state index < -0.39 is 29.4 Å². The number of hydrogen-bond acceptors (Lipinski definition) is 3. The van der Waals surface area contributed by atoms with Crippen LogP contribution >= 0.6 is 22.6 Å². The second-order valence-corrected chi connectivity index (χ2v) is 3.89. The maximum atomic E-state index is 12.6. The van der Waals surface area contributed by atoms with Crippen molar-refractivity contribution in [3.8, 4) is 5.75 Å². The minimum atomic E-state index is -5.31. The van der Waals surface area contributed by atoms with Gasteiger partial charge in [-0.25, -0.2) is 4.98 Å². The summed E-state index contributed by atoms with van der Waals surface area (Å²) in [4.78, 5) is 13.8. The number of aldehydes is 1. The van der Waals surface area contributed by atoms with Crippen molar-refractivity contribution in [3.63, 3.8) is 0 Å². The molecule has 100 valence electrons. The summed E-state index contributed by atoms with van der Waals surface area (Å²) in [5.41, 5.74) is -2.79. The molecule has 0 aliphatic rings. The number of halogens is 7. The molecule has 0 spiro atoms. The van der Waals surface area contributed by atoms with Crippen molar-refractivity contribution in [2.75, 3.05) is 0 Å². The Morgan fingerprint density at radius 3 is 2.17 bits per heavy atom. The number of alkyl halides is 6. The molecular formula is C8H2F6INO2. The number of carbonyl (C=O) groups is 1. The van der Waals surface area contributed by atoms with Gasteiger partial charge in [-0.2, -0.15) is 13.2 Å². The minimum absolute atomic E-state index is 0.221. The SMILES string of the molecule is O=Cc1c(I)ncc(OC(F)(F)F)c1C(F)(F)F. The number of pyridine rings is 1. The number of aromatic nitrogens is 1. The third kappa shape index (κ3) is 3.46. The second-order valence-electron chi connectivity index (χ2n) is 2.87.